The largest absolute Gasteiger partial charge is 0.495 e. The Labute approximate surface area is 228 Å². The van der Waals surface area contributed by atoms with Gasteiger partial charge >= 0.3 is 6.03 Å². The number of halogens is 2. The van der Waals surface area contributed by atoms with Gasteiger partial charge in [0.1, 0.15) is 16.6 Å². The van der Waals surface area contributed by atoms with E-state index in [4.69, 9.17) is 27.9 Å². The van der Waals surface area contributed by atoms with E-state index in [-0.39, 0.29) is 17.0 Å². The highest BCUT2D eigenvalue weighted by Crippen LogP contribution is 2.37. The van der Waals surface area contributed by atoms with Crippen LogP contribution in [0.1, 0.15) is 20.3 Å². The Balaban J connectivity index is 1.41. The van der Waals surface area contributed by atoms with Crippen LogP contribution in [0.4, 0.5) is 21.9 Å². The third-order valence-corrected chi connectivity index (χ3v) is 7.70. The van der Waals surface area contributed by atoms with Gasteiger partial charge < -0.3 is 30.5 Å². The number of amidine groups is 1. The van der Waals surface area contributed by atoms with E-state index in [1.807, 2.05) is 13.1 Å². The lowest BCUT2D eigenvalue weighted by Gasteiger charge is -2.34. The van der Waals surface area contributed by atoms with E-state index < -0.39 is 6.03 Å². The van der Waals surface area contributed by atoms with Crippen molar-refractivity contribution in [3.05, 3.63) is 58.2 Å². The molecule has 0 aromatic heterocycles. The van der Waals surface area contributed by atoms with Crippen molar-refractivity contribution in [3.8, 4) is 5.75 Å². The minimum Gasteiger partial charge on any atom is -0.495 e. The van der Waals surface area contributed by atoms with Crippen LogP contribution in [-0.4, -0.2) is 63.1 Å². The van der Waals surface area contributed by atoms with Crippen molar-refractivity contribution in [2.24, 2.45) is 10.9 Å². The first-order valence-electron chi connectivity index (χ1n) is 12.4. The lowest BCUT2D eigenvalue weighted by Crippen LogP contribution is -2.44. The molecule has 2 heterocycles. The van der Waals surface area contributed by atoms with Gasteiger partial charge in [-0.15, -0.1) is 0 Å². The zero-order valence-corrected chi connectivity index (χ0v) is 23.2. The second kappa shape index (κ2) is 12.1. The highest BCUT2D eigenvalue weighted by Gasteiger charge is 2.26. The number of hydrogen-bond donors (Lipinski definition) is 3. The van der Waals surface area contributed by atoms with Crippen LogP contribution in [0.5, 0.6) is 5.75 Å². The highest BCUT2D eigenvalue weighted by atomic mass is 35.5. The minimum atomic E-state index is -0.403. The number of aliphatic imine (C=N–C) groups is 1. The number of piperazine rings is 1. The van der Waals surface area contributed by atoms with E-state index >= 15 is 0 Å². The standard InChI is InChI=1S/C27H34Cl2N6O2/c1-17-16-30-24(31-19-5-7-20(8-6-19)35-13-11-34(3)12-14-35)15-22(18(17)2)32-27(36)33-26-21(28)9-10-23(37-4)25(26)29/h5-10,16,18,22H,11-15H2,1-4H3,(H,30,31)(H2,32,33,36). The lowest BCUT2D eigenvalue weighted by molar-refractivity contribution is 0.246. The van der Waals surface area contributed by atoms with Crippen LogP contribution in [0.15, 0.2) is 53.2 Å². The Bertz CT molecular complexity index is 1180. The fourth-order valence-electron chi connectivity index (χ4n) is 4.42. The van der Waals surface area contributed by atoms with Gasteiger partial charge in [-0.25, -0.2) is 9.79 Å². The highest BCUT2D eigenvalue weighted by molar-refractivity contribution is 6.40. The SMILES string of the molecule is COc1ccc(Cl)c(NC(=O)NC2CC(Nc3ccc(N4CCN(C)CC4)cc3)=NC=C(C)C2C)c1Cl. The second-order valence-corrected chi connectivity index (χ2v) is 10.3. The fourth-order valence-corrected chi connectivity index (χ4v) is 4.96. The summed E-state index contributed by atoms with van der Waals surface area (Å²) < 4.78 is 5.24. The maximum atomic E-state index is 13.0. The van der Waals surface area contributed by atoms with Gasteiger partial charge in [0, 0.05) is 56.2 Å². The normalized spacial score (nSPS) is 20.4. The summed E-state index contributed by atoms with van der Waals surface area (Å²) >= 11 is 12.6. The number of nitrogens with one attached hydrogen (secondary N) is 3. The van der Waals surface area contributed by atoms with E-state index in [2.05, 4.69) is 69.0 Å². The van der Waals surface area contributed by atoms with Crippen LogP contribution in [0.3, 0.4) is 0 Å². The molecule has 2 aromatic rings. The summed E-state index contributed by atoms with van der Waals surface area (Å²) in [4.78, 5) is 22.4. The molecule has 8 nitrogen and oxygen atoms in total. The molecule has 0 saturated carbocycles. The first-order valence-corrected chi connectivity index (χ1v) is 13.1. The van der Waals surface area contributed by atoms with E-state index in [0.29, 0.717) is 22.9 Å². The number of methoxy groups -OCH3 is 1. The second-order valence-electron chi connectivity index (χ2n) is 9.55. The number of hydrogen-bond acceptors (Lipinski definition) is 6. The number of benzene rings is 2. The van der Waals surface area contributed by atoms with Gasteiger partial charge in [0.25, 0.3) is 0 Å². The molecule has 198 valence electrons. The molecule has 2 aliphatic heterocycles. The van der Waals surface area contributed by atoms with Gasteiger partial charge in [-0.3, -0.25) is 0 Å². The van der Waals surface area contributed by atoms with Crippen molar-refractivity contribution >= 4 is 52.1 Å². The molecule has 10 heteroatoms. The Morgan fingerprint density at radius 1 is 1.08 bits per heavy atom. The number of ether oxygens (including phenoxy) is 1. The fraction of sp³-hybridized carbons (Fsp3) is 0.407. The van der Waals surface area contributed by atoms with Gasteiger partial charge in [0.05, 0.1) is 17.8 Å². The monoisotopic (exact) mass is 544 g/mol. The summed E-state index contributed by atoms with van der Waals surface area (Å²) in [6, 6.07) is 11.1. The molecule has 0 spiro atoms. The van der Waals surface area contributed by atoms with E-state index in [9.17, 15) is 4.79 Å². The molecule has 2 unspecified atom stereocenters. The van der Waals surface area contributed by atoms with Crippen LogP contribution < -0.4 is 25.6 Å². The third kappa shape index (κ3) is 6.69. The molecule has 37 heavy (non-hydrogen) atoms. The molecule has 2 amide bonds. The van der Waals surface area contributed by atoms with E-state index in [1.165, 1.54) is 12.8 Å². The molecule has 0 radical (unpaired) electrons. The first kappa shape index (κ1) is 27.1. The zero-order valence-electron chi connectivity index (χ0n) is 21.6. The van der Waals surface area contributed by atoms with Crippen molar-refractivity contribution < 1.29 is 9.53 Å². The average molecular weight is 546 g/mol. The summed E-state index contributed by atoms with van der Waals surface area (Å²) in [5.74, 6) is 1.28. The van der Waals surface area contributed by atoms with Crippen LogP contribution in [0.2, 0.25) is 10.0 Å². The maximum Gasteiger partial charge on any atom is 0.319 e. The molecule has 2 aromatic carbocycles. The van der Waals surface area contributed by atoms with E-state index in [0.717, 1.165) is 43.3 Å². The lowest BCUT2D eigenvalue weighted by atomic mass is 9.93. The summed E-state index contributed by atoms with van der Waals surface area (Å²) in [5, 5.41) is 9.86. The predicted molar refractivity (Wildman–Crippen MR) is 154 cm³/mol. The summed E-state index contributed by atoms with van der Waals surface area (Å²) in [5.41, 5.74) is 3.55. The predicted octanol–water partition coefficient (Wildman–Crippen LogP) is 5.70. The number of amides is 2. The Kier molecular flexibility index (Phi) is 8.84. The number of carbonyl (C=O) groups excluding carboxylic acids is 1. The van der Waals surface area contributed by atoms with E-state index in [1.54, 1.807) is 12.1 Å². The van der Waals surface area contributed by atoms with Crippen molar-refractivity contribution in [1.29, 1.82) is 0 Å². The van der Waals surface area contributed by atoms with Crippen LogP contribution in [0, 0.1) is 5.92 Å². The minimum absolute atomic E-state index is 0.0738. The Hall–Kier alpha value is -2.94. The van der Waals surface area contributed by atoms with Crippen molar-refractivity contribution in [2.45, 2.75) is 26.3 Å². The van der Waals surface area contributed by atoms with Crippen molar-refractivity contribution in [2.75, 3.05) is 55.9 Å². The zero-order chi connectivity index (χ0) is 26.5. The van der Waals surface area contributed by atoms with Gasteiger partial charge in [0.15, 0.2) is 0 Å². The molecule has 1 fully saturated rings. The number of carbonyl (C=O) groups is 1. The van der Waals surface area contributed by atoms with Crippen LogP contribution >= 0.6 is 23.2 Å². The van der Waals surface area contributed by atoms with Crippen LogP contribution in [-0.2, 0) is 0 Å². The summed E-state index contributed by atoms with van der Waals surface area (Å²) in [7, 11) is 3.67. The van der Waals surface area contributed by atoms with Gasteiger partial charge in [-0.05, 0) is 56.3 Å². The van der Waals surface area contributed by atoms with Gasteiger partial charge in [-0.2, -0.15) is 0 Å². The average Bonchev–Trinajstić information content (AvgIpc) is 3.01. The first-order chi connectivity index (χ1) is 17.7. The summed E-state index contributed by atoms with van der Waals surface area (Å²) in [6.45, 7) is 8.28. The maximum absolute atomic E-state index is 13.0. The molecule has 0 aliphatic carbocycles. The quantitative estimate of drug-likeness (QED) is 0.449. The molecule has 1 saturated heterocycles. The number of anilines is 3. The third-order valence-electron chi connectivity index (χ3n) is 7.01. The molecule has 2 atom stereocenters. The molecule has 3 N–H and O–H groups in total. The topological polar surface area (TPSA) is 81.2 Å². The van der Waals surface area contributed by atoms with Crippen LogP contribution in [0.25, 0.3) is 0 Å². The number of likely N-dealkylation sites (N-methyl/N-ethyl adjacent to an activating group) is 1. The molecule has 2 aliphatic rings. The summed E-state index contributed by atoms with van der Waals surface area (Å²) in [6.07, 6.45) is 2.39. The van der Waals surface area contributed by atoms with Crippen molar-refractivity contribution in [3.63, 3.8) is 0 Å². The number of nitrogens with zero attached hydrogens (tertiary/aromatic N) is 3. The Morgan fingerprint density at radius 2 is 1.78 bits per heavy atom. The molecular weight excluding hydrogens is 511 g/mol. The Morgan fingerprint density at radius 3 is 2.46 bits per heavy atom. The van der Waals surface area contributed by atoms with Gasteiger partial charge in [0.2, 0.25) is 0 Å². The molecule has 4 rings (SSSR count). The smallest absolute Gasteiger partial charge is 0.319 e. The molecular formula is C27H34Cl2N6O2. The van der Waals surface area contributed by atoms with Gasteiger partial charge in [-0.1, -0.05) is 35.7 Å². The molecule has 0 bridgehead atoms. The number of rotatable bonds is 5. The number of urea groups is 1. The van der Waals surface area contributed by atoms with Crippen molar-refractivity contribution in [1.82, 2.24) is 10.2 Å².